The minimum Gasteiger partial charge on any atom is -0.431 e. The van der Waals surface area contributed by atoms with Gasteiger partial charge in [0.1, 0.15) is 29.0 Å². The third-order valence-electron chi connectivity index (χ3n) is 8.82. The van der Waals surface area contributed by atoms with Crippen LogP contribution in [0.25, 0.3) is 17.0 Å². The molecule has 262 valence electrons. The monoisotopic (exact) mass is 684 g/mol. The van der Waals surface area contributed by atoms with Crippen molar-refractivity contribution in [3.63, 3.8) is 0 Å². The number of ether oxygens (including phenoxy) is 3. The number of hydrogen-bond acceptors (Lipinski definition) is 3. The van der Waals surface area contributed by atoms with Gasteiger partial charge in [-0.3, -0.25) is 4.74 Å². The minimum atomic E-state index is -4.86. The molecule has 2 saturated carbocycles. The summed E-state index contributed by atoms with van der Waals surface area (Å²) in [6.07, 6.45) is -3.51. The first-order valence-corrected chi connectivity index (χ1v) is 15.9. The van der Waals surface area contributed by atoms with Crippen molar-refractivity contribution in [2.24, 2.45) is 11.8 Å². The number of rotatable bonds is 13. The van der Waals surface area contributed by atoms with E-state index in [1.165, 1.54) is 0 Å². The smallest absolute Gasteiger partial charge is 0.431 e. The molecule has 4 rings (SSSR count). The van der Waals surface area contributed by atoms with Crippen LogP contribution in [0, 0.1) is 29.3 Å². The van der Waals surface area contributed by atoms with Crippen LogP contribution in [-0.2, 0) is 9.47 Å². The molecular formula is C34H38F10O3. The summed E-state index contributed by atoms with van der Waals surface area (Å²) >= 11 is 0. The Hall–Kier alpha value is -2.80. The molecule has 0 aliphatic heterocycles. The van der Waals surface area contributed by atoms with Crippen LogP contribution in [0.5, 0.6) is 5.75 Å². The van der Waals surface area contributed by atoms with Crippen LogP contribution in [0.2, 0.25) is 0 Å². The highest BCUT2D eigenvalue weighted by atomic mass is 19.4. The molecule has 2 aromatic rings. The van der Waals surface area contributed by atoms with E-state index in [9.17, 15) is 43.9 Å². The molecule has 2 aliphatic rings. The third kappa shape index (κ3) is 10.6. The molecule has 2 aromatic carbocycles. The first-order valence-electron chi connectivity index (χ1n) is 15.9. The maximum Gasteiger partial charge on any atom is 0.522 e. The summed E-state index contributed by atoms with van der Waals surface area (Å²) in [5, 5.41) is 0. The summed E-state index contributed by atoms with van der Waals surface area (Å²) < 4.78 is 155. The van der Waals surface area contributed by atoms with Gasteiger partial charge >= 0.3 is 12.5 Å². The van der Waals surface area contributed by atoms with Gasteiger partial charge in [0.15, 0.2) is 12.4 Å². The summed E-state index contributed by atoms with van der Waals surface area (Å²) in [5.41, 5.74) is -2.09. The summed E-state index contributed by atoms with van der Waals surface area (Å²) in [6.45, 7) is 1.01. The van der Waals surface area contributed by atoms with Crippen molar-refractivity contribution in [3.05, 3.63) is 59.2 Å². The van der Waals surface area contributed by atoms with E-state index in [0.29, 0.717) is 37.0 Å². The Morgan fingerprint density at radius 1 is 0.766 bits per heavy atom. The predicted molar refractivity (Wildman–Crippen MR) is 155 cm³/mol. The SMILES string of the molecule is CCCCCC1CCC(OCC(F)(F)Oc2cc(F)c(-c3ccc(C(F)=C(F)C4CCC(OC(F)(F)F)CC4)c(F)c3)c(F)c2)CC1. The van der Waals surface area contributed by atoms with Crippen LogP contribution in [0.3, 0.4) is 0 Å². The first-order chi connectivity index (χ1) is 22.2. The van der Waals surface area contributed by atoms with Gasteiger partial charge in [0, 0.05) is 23.6 Å². The van der Waals surface area contributed by atoms with E-state index < -0.39 is 82.6 Å². The Morgan fingerprint density at radius 2 is 1.38 bits per heavy atom. The summed E-state index contributed by atoms with van der Waals surface area (Å²) in [4.78, 5) is 0. The molecule has 0 saturated heterocycles. The highest BCUT2D eigenvalue weighted by molar-refractivity contribution is 5.70. The Balaban J connectivity index is 1.36. The van der Waals surface area contributed by atoms with Gasteiger partial charge in [-0.2, -0.15) is 8.78 Å². The maximum atomic E-state index is 15.0. The molecule has 0 bridgehead atoms. The zero-order valence-electron chi connectivity index (χ0n) is 25.9. The van der Waals surface area contributed by atoms with Crippen LogP contribution in [-0.4, -0.2) is 31.3 Å². The molecule has 13 heteroatoms. The molecule has 2 aliphatic carbocycles. The lowest BCUT2D eigenvalue weighted by atomic mass is 9.84. The van der Waals surface area contributed by atoms with Crippen LogP contribution in [0.15, 0.2) is 36.2 Å². The second kappa shape index (κ2) is 16.1. The van der Waals surface area contributed by atoms with Crippen LogP contribution in [0.4, 0.5) is 43.9 Å². The largest absolute Gasteiger partial charge is 0.522 e. The van der Waals surface area contributed by atoms with E-state index in [1.807, 2.05) is 0 Å². The number of benzene rings is 2. The molecule has 0 atom stereocenters. The molecule has 0 heterocycles. The minimum absolute atomic E-state index is 0.171. The highest BCUT2D eigenvalue weighted by Crippen LogP contribution is 2.40. The number of allylic oxidation sites excluding steroid dienone is 1. The van der Waals surface area contributed by atoms with Crippen LogP contribution < -0.4 is 4.74 Å². The molecule has 0 amide bonds. The van der Waals surface area contributed by atoms with Crippen molar-refractivity contribution in [2.75, 3.05) is 6.61 Å². The molecule has 47 heavy (non-hydrogen) atoms. The van der Waals surface area contributed by atoms with Gasteiger partial charge in [0.05, 0.1) is 17.8 Å². The molecule has 3 nitrogen and oxygen atoms in total. The van der Waals surface area contributed by atoms with Gasteiger partial charge in [0.2, 0.25) is 0 Å². The van der Waals surface area contributed by atoms with Crippen LogP contribution >= 0.6 is 0 Å². The average Bonchev–Trinajstić information content (AvgIpc) is 2.99. The normalized spacial score (nSPS) is 23.0. The molecule has 0 radical (unpaired) electrons. The topological polar surface area (TPSA) is 27.7 Å². The van der Waals surface area contributed by atoms with Gasteiger partial charge in [0.25, 0.3) is 0 Å². The van der Waals surface area contributed by atoms with E-state index in [2.05, 4.69) is 16.4 Å². The summed E-state index contributed by atoms with van der Waals surface area (Å²) in [7, 11) is 0. The third-order valence-corrected chi connectivity index (χ3v) is 8.82. The zero-order chi connectivity index (χ0) is 34.4. The van der Waals surface area contributed by atoms with Gasteiger partial charge in [-0.05, 0) is 75.0 Å². The number of hydrogen-bond donors (Lipinski definition) is 0. The van der Waals surface area contributed by atoms with E-state index in [4.69, 9.17) is 4.74 Å². The van der Waals surface area contributed by atoms with Gasteiger partial charge < -0.3 is 9.47 Å². The van der Waals surface area contributed by atoms with Crippen molar-refractivity contribution in [1.29, 1.82) is 0 Å². The molecule has 2 fully saturated rings. The Morgan fingerprint density at radius 3 is 1.96 bits per heavy atom. The first kappa shape index (κ1) is 37.0. The number of halogens is 10. The van der Waals surface area contributed by atoms with E-state index in [-0.39, 0.29) is 31.8 Å². The fraction of sp³-hybridized carbons (Fsp3) is 0.588. The fourth-order valence-electron chi connectivity index (χ4n) is 6.35. The quantitative estimate of drug-likeness (QED) is 0.155. The second-order valence-electron chi connectivity index (χ2n) is 12.3. The van der Waals surface area contributed by atoms with Crippen molar-refractivity contribution in [1.82, 2.24) is 0 Å². The van der Waals surface area contributed by atoms with Crippen molar-refractivity contribution < 1.29 is 58.1 Å². The lowest BCUT2D eigenvalue weighted by Gasteiger charge is -2.29. The fourth-order valence-corrected chi connectivity index (χ4v) is 6.35. The standard InChI is InChI=1S/C34H38F10O3/c1-2-3-4-5-20-6-11-23(12-7-20)45-19-33(40,41)46-25-17-28(36)30(29(37)18-25)22-10-15-26(27(35)16-22)32(39)31(38)21-8-13-24(14-9-21)47-34(42,43)44/h10,15-18,20-21,23-24H,2-9,11-14,19H2,1H3. The van der Waals surface area contributed by atoms with Crippen molar-refractivity contribution >= 4 is 5.83 Å². The number of alkyl halides is 5. The van der Waals surface area contributed by atoms with Gasteiger partial charge in [-0.15, -0.1) is 13.2 Å². The lowest BCUT2D eigenvalue weighted by Crippen LogP contribution is -2.34. The Kier molecular flexibility index (Phi) is 12.7. The summed E-state index contributed by atoms with van der Waals surface area (Å²) in [6, 6.07) is 3.23. The molecule has 0 N–H and O–H groups in total. The van der Waals surface area contributed by atoms with Crippen molar-refractivity contribution in [3.8, 4) is 16.9 Å². The molecule has 0 aromatic heterocycles. The molecular weight excluding hydrogens is 646 g/mol. The van der Waals surface area contributed by atoms with Gasteiger partial charge in [-0.25, -0.2) is 22.0 Å². The lowest BCUT2D eigenvalue weighted by molar-refractivity contribution is -0.345. The van der Waals surface area contributed by atoms with E-state index >= 15 is 0 Å². The average molecular weight is 685 g/mol. The number of unbranched alkanes of at least 4 members (excludes halogenated alkanes) is 2. The zero-order valence-corrected chi connectivity index (χ0v) is 25.9. The van der Waals surface area contributed by atoms with Crippen molar-refractivity contribution in [2.45, 2.75) is 109 Å². The van der Waals surface area contributed by atoms with E-state index in [1.54, 1.807) is 0 Å². The maximum absolute atomic E-state index is 15.0. The highest BCUT2D eigenvalue weighted by Gasteiger charge is 2.37. The summed E-state index contributed by atoms with van der Waals surface area (Å²) in [5.74, 6) is -8.46. The molecule has 0 unspecified atom stereocenters. The Bertz CT molecular complexity index is 1340. The van der Waals surface area contributed by atoms with Gasteiger partial charge in [-0.1, -0.05) is 38.7 Å². The van der Waals surface area contributed by atoms with Crippen LogP contribution in [0.1, 0.15) is 89.5 Å². The van der Waals surface area contributed by atoms with E-state index in [0.717, 1.165) is 50.7 Å². The predicted octanol–water partition coefficient (Wildman–Crippen LogP) is 11.6. The molecule has 0 spiro atoms. The Labute approximate surface area is 267 Å². The second-order valence-corrected chi connectivity index (χ2v) is 12.3.